The maximum Gasteiger partial charge on any atom is 0.315 e. The number of nitrogens with one attached hydrogen (secondary N) is 1. The molecule has 1 fully saturated rings. The predicted octanol–water partition coefficient (Wildman–Crippen LogP) is 1.52. The lowest BCUT2D eigenvalue weighted by Gasteiger charge is -2.27. The van der Waals surface area contributed by atoms with Gasteiger partial charge in [-0.3, -0.25) is 10.1 Å². The number of anilines is 2. The van der Waals surface area contributed by atoms with Gasteiger partial charge in [0.25, 0.3) is 0 Å². The van der Waals surface area contributed by atoms with E-state index in [2.05, 4.69) is 20.5 Å². The molecule has 1 aromatic heterocycles. The smallest absolute Gasteiger partial charge is 0.315 e. The zero-order valence-electron chi connectivity index (χ0n) is 14.8. The van der Waals surface area contributed by atoms with Crippen LogP contribution in [-0.4, -0.2) is 59.6 Å². The van der Waals surface area contributed by atoms with E-state index in [0.29, 0.717) is 31.9 Å². The molecule has 2 N–H and O–H groups in total. The lowest BCUT2D eigenvalue weighted by Crippen LogP contribution is -2.37. The predicted molar refractivity (Wildman–Crippen MR) is 97.6 cm³/mol. The first kappa shape index (κ1) is 19.2. The molecule has 0 bridgehead atoms. The fourth-order valence-corrected chi connectivity index (χ4v) is 2.56. The van der Waals surface area contributed by atoms with Crippen LogP contribution in [0.3, 0.4) is 0 Å². The van der Waals surface area contributed by atoms with Crippen LogP contribution in [0.2, 0.25) is 0 Å². The third-order valence-corrected chi connectivity index (χ3v) is 3.91. The fraction of sp³-hybridized carbons (Fsp3) is 0.312. The van der Waals surface area contributed by atoms with Gasteiger partial charge in [0, 0.05) is 24.7 Å². The largest absolute Gasteiger partial charge is 0.500 e. The van der Waals surface area contributed by atoms with Crippen molar-refractivity contribution in [2.24, 2.45) is 5.10 Å². The highest BCUT2D eigenvalue weighted by Crippen LogP contribution is 2.36. The van der Waals surface area contributed by atoms with E-state index in [4.69, 9.17) is 9.47 Å². The number of aromatic hydroxyl groups is 1. The summed E-state index contributed by atoms with van der Waals surface area (Å²) in [6, 6.07) is 2.51. The van der Waals surface area contributed by atoms with Gasteiger partial charge in [-0.2, -0.15) is 10.1 Å². The number of hydrogen-bond donors (Lipinski definition) is 2. The number of nitrogens with zero attached hydrogens (tertiary/aromatic N) is 5. The summed E-state index contributed by atoms with van der Waals surface area (Å²) in [6.45, 7) is 1.97. The molecule has 0 aliphatic carbocycles. The number of nitro benzene ring substituents is 1. The fourth-order valence-electron chi connectivity index (χ4n) is 2.56. The lowest BCUT2D eigenvalue weighted by molar-refractivity contribution is -0.386. The number of ether oxygens (including phenoxy) is 2. The van der Waals surface area contributed by atoms with Crippen LogP contribution in [0.1, 0.15) is 5.56 Å². The highest BCUT2D eigenvalue weighted by molar-refractivity contribution is 5.83. The Balaban J connectivity index is 1.78. The Morgan fingerprint density at radius 1 is 1.46 bits per heavy atom. The summed E-state index contributed by atoms with van der Waals surface area (Å²) >= 11 is 0. The summed E-state index contributed by atoms with van der Waals surface area (Å²) in [5, 5.41) is 24.7. The van der Waals surface area contributed by atoms with E-state index in [0.717, 1.165) is 12.3 Å². The van der Waals surface area contributed by atoms with Crippen molar-refractivity contribution < 1.29 is 23.9 Å². The van der Waals surface area contributed by atoms with Crippen LogP contribution in [0, 0.1) is 15.9 Å². The third-order valence-electron chi connectivity index (χ3n) is 3.91. The van der Waals surface area contributed by atoms with E-state index in [1.165, 1.54) is 19.4 Å². The van der Waals surface area contributed by atoms with Crippen LogP contribution in [0.15, 0.2) is 23.4 Å². The molecule has 1 aliphatic rings. The monoisotopic (exact) mass is 392 g/mol. The maximum absolute atomic E-state index is 14.0. The molecule has 1 aliphatic heterocycles. The number of halogens is 1. The normalized spacial score (nSPS) is 14.3. The third kappa shape index (κ3) is 4.23. The Morgan fingerprint density at radius 2 is 2.21 bits per heavy atom. The molecule has 1 aromatic carbocycles. The Bertz CT molecular complexity index is 903. The van der Waals surface area contributed by atoms with Crippen LogP contribution < -0.4 is 15.1 Å². The van der Waals surface area contributed by atoms with E-state index in [-0.39, 0.29) is 17.5 Å². The average Bonchev–Trinajstić information content (AvgIpc) is 2.70. The lowest BCUT2D eigenvalue weighted by atomic mass is 10.2. The molecule has 148 valence electrons. The van der Waals surface area contributed by atoms with Crippen LogP contribution >= 0.6 is 0 Å². The second-order valence-corrected chi connectivity index (χ2v) is 5.68. The van der Waals surface area contributed by atoms with Crippen molar-refractivity contribution in [3.8, 4) is 11.5 Å². The molecule has 12 heteroatoms. The van der Waals surface area contributed by atoms with Crippen molar-refractivity contribution in [2.45, 2.75) is 0 Å². The summed E-state index contributed by atoms with van der Waals surface area (Å²) in [5.74, 6) is -1.01. The summed E-state index contributed by atoms with van der Waals surface area (Å²) < 4.78 is 24.2. The molecule has 1 saturated heterocycles. The van der Waals surface area contributed by atoms with E-state index in [9.17, 15) is 19.6 Å². The van der Waals surface area contributed by atoms with Gasteiger partial charge in [-0.05, 0) is 6.07 Å². The average molecular weight is 392 g/mol. The van der Waals surface area contributed by atoms with E-state index >= 15 is 0 Å². The van der Waals surface area contributed by atoms with Crippen molar-refractivity contribution in [3.63, 3.8) is 0 Å². The van der Waals surface area contributed by atoms with Gasteiger partial charge >= 0.3 is 5.69 Å². The van der Waals surface area contributed by atoms with Crippen molar-refractivity contribution in [1.82, 2.24) is 9.97 Å². The van der Waals surface area contributed by atoms with Gasteiger partial charge in [0.15, 0.2) is 17.4 Å². The molecule has 2 aromatic rings. The highest BCUT2D eigenvalue weighted by atomic mass is 19.1. The molecule has 0 amide bonds. The summed E-state index contributed by atoms with van der Waals surface area (Å²) in [6.07, 6.45) is 2.29. The van der Waals surface area contributed by atoms with Gasteiger partial charge < -0.3 is 19.5 Å². The molecule has 0 unspecified atom stereocenters. The number of hydrazone groups is 1. The van der Waals surface area contributed by atoms with Crippen molar-refractivity contribution >= 4 is 23.7 Å². The number of phenolic OH excluding ortho intramolecular Hbond substituents is 1. The number of aromatic nitrogens is 2. The Labute approximate surface area is 158 Å². The van der Waals surface area contributed by atoms with E-state index < -0.39 is 22.2 Å². The Morgan fingerprint density at radius 3 is 2.89 bits per heavy atom. The second kappa shape index (κ2) is 8.43. The standard InChI is InChI=1S/C16H17FN6O5/c1-27-13-7-10(6-12(14(13)24)23(25)26)8-19-21-16-18-9-11(17)15(20-16)22-2-4-28-5-3-22/h6-9,24H,2-5H2,1H3,(H,18,20,21). The van der Waals surface area contributed by atoms with Crippen LogP contribution in [0.4, 0.5) is 21.8 Å². The Kier molecular flexibility index (Phi) is 5.79. The number of benzene rings is 1. The van der Waals surface area contributed by atoms with Crippen LogP contribution in [0.5, 0.6) is 11.5 Å². The zero-order chi connectivity index (χ0) is 20.1. The highest BCUT2D eigenvalue weighted by Gasteiger charge is 2.20. The number of morpholine rings is 1. The molecular formula is C16H17FN6O5. The maximum atomic E-state index is 14.0. The van der Waals surface area contributed by atoms with Gasteiger partial charge in [-0.1, -0.05) is 0 Å². The molecular weight excluding hydrogens is 375 g/mol. The van der Waals surface area contributed by atoms with Crippen molar-refractivity contribution in [1.29, 1.82) is 0 Å². The Hall–Kier alpha value is -3.54. The minimum atomic E-state index is -0.736. The zero-order valence-corrected chi connectivity index (χ0v) is 14.8. The number of hydrogen-bond acceptors (Lipinski definition) is 10. The summed E-state index contributed by atoms with van der Waals surface area (Å²) in [4.78, 5) is 19.9. The minimum absolute atomic E-state index is 0.0550. The SMILES string of the molecule is COc1cc(C=NNc2ncc(F)c(N3CCOCC3)n2)cc([N+](=O)[O-])c1O. The minimum Gasteiger partial charge on any atom is -0.500 e. The molecule has 28 heavy (non-hydrogen) atoms. The van der Waals surface area contributed by atoms with Gasteiger partial charge in [0.1, 0.15) is 0 Å². The first-order valence-corrected chi connectivity index (χ1v) is 8.19. The molecule has 0 atom stereocenters. The van der Waals surface area contributed by atoms with Crippen molar-refractivity contribution in [2.75, 3.05) is 43.7 Å². The molecule has 0 saturated carbocycles. The van der Waals surface area contributed by atoms with Crippen LogP contribution in [0.25, 0.3) is 0 Å². The molecule has 3 rings (SSSR count). The first-order valence-electron chi connectivity index (χ1n) is 8.19. The quantitative estimate of drug-likeness (QED) is 0.426. The number of methoxy groups -OCH3 is 1. The van der Waals surface area contributed by atoms with E-state index in [1.54, 1.807) is 4.90 Å². The molecule has 11 nitrogen and oxygen atoms in total. The van der Waals surface area contributed by atoms with Gasteiger partial charge in [-0.15, -0.1) is 0 Å². The van der Waals surface area contributed by atoms with E-state index in [1.807, 2.05) is 0 Å². The van der Waals surface area contributed by atoms with Crippen molar-refractivity contribution in [3.05, 3.63) is 39.8 Å². The van der Waals surface area contributed by atoms with Gasteiger partial charge in [-0.25, -0.2) is 14.8 Å². The summed E-state index contributed by atoms with van der Waals surface area (Å²) in [7, 11) is 1.28. The second-order valence-electron chi connectivity index (χ2n) is 5.68. The first-order chi connectivity index (χ1) is 13.5. The number of rotatable bonds is 6. The topological polar surface area (TPSA) is 135 Å². The van der Waals surface area contributed by atoms with Gasteiger partial charge in [0.05, 0.1) is 37.7 Å². The molecule has 2 heterocycles. The molecule has 0 radical (unpaired) electrons. The molecule has 0 spiro atoms. The number of nitro groups is 1. The van der Waals surface area contributed by atoms with Gasteiger partial charge in [0.2, 0.25) is 11.7 Å². The van der Waals surface area contributed by atoms with Crippen LogP contribution in [-0.2, 0) is 4.74 Å². The summed E-state index contributed by atoms with van der Waals surface area (Å²) in [5.41, 5.74) is 2.33. The number of phenols is 1.